The number of hydrogen-bond donors (Lipinski definition) is 1. The molecule has 0 aromatic heterocycles. The molecule has 0 amide bonds. The Morgan fingerprint density at radius 3 is 2.39 bits per heavy atom. The first-order valence-corrected chi connectivity index (χ1v) is 6.19. The van der Waals surface area contributed by atoms with Gasteiger partial charge in [-0.1, -0.05) is 48.0 Å². The van der Waals surface area contributed by atoms with Gasteiger partial charge in [0.25, 0.3) is 0 Å². The SMILES string of the molecule is Cc1ccc(COc2ccccc2C(C)N)cc1. The first kappa shape index (κ1) is 12.7. The number of nitrogens with two attached hydrogens (primary N) is 1. The summed E-state index contributed by atoms with van der Waals surface area (Å²) in [6.07, 6.45) is 0. The minimum atomic E-state index is -0.0146. The van der Waals surface area contributed by atoms with Crippen LogP contribution in [0.2, 0.25) is 0 Å². The van der Waals surface area contributed by atoms with Gasteiger partial charge < -0.3 is 10.5 Å². The highest BCUT2D eigenvalue weighted by Gasteiger charge is 2.06. The van der Waals surface area contributed by atoms with Gasteiger partial charge in [0.15, 0.2) is 0 Å². The van der Waals surface area contributed by atoms with E-state index >= 15 is 0 Å². The number of rotatable bonds is 4. The smallest absolute Gasteiger partial charge is 0.124 e. The molecule has 1 atom stereocenters. The van der Waals surface area contributed by atoms with Crippen molar-refractivity contribution >= 4 is 0 Å². The summed E-state index contributed by atoms with van der Waals surface area (Å²) in [5.74, 6) is 0.869. The summed E-state index contributed by atoms with van der Waals surface area (Å²) in [6.45, 7) is 4.62. The zero-order valence-electron chi connectivity index (χ0n) is 10.9. The molecule has 18 heavy (non-hydrogen) atoms. The van der Waals surface area contributed by atoms with E-state index in [4.69, 9.17) is 10.5 Å². The number of aryl methyl sites for hydroxylation is 1. The maximum Gasteiger partial charge on any atom is 0.124 e. The Hall–Kier alpha value is -1.80. The van der Waals surface area contributed by atoms with Gasteiger partial charge in [-0.05, 0) is 25.5 Å². The third-order valence-corrected chi connectivity index (χ3v) is 2.92. The first-order chi connectivity index (χ1) is 8.66. The number of hydrogen-bond acceptors (Lipinski definition) is 2. The van der Waals surface area contributed by atoms with Gasteiger partial charge in [-0.15, -0.1) is 0 Å². The number of para-hydroxylation sites is 1. The summed E-state index contributed by atoms with van der Waals surface area (Å²) in [7, 11) is 0. The van der Waals surface area contributed by atoms with E-state index in [1.807, 2.05) is 31.2 Å². The van der Waals surface area contributed by atoms with Gasteiger partial charge in [-0.3, -0.25) is 0 Å². The molecule has 2 nitrogen and oxygen atoms in total. The average Bonchev–Trinajstić information content (AvgIpc) is 2.38. The summed E-state index contributed by atoms with van der Waals surface area (Å²) in [5, 5.41) is 0. The topological polar surface area (TPSA) is 35.2 Å². The average molecular weight is 241 g/mol. The van der Waals surface area contributed by atoms with E-state index in [1.54, 1.807) is 0 Å². The Bertz CT molecular complexity index is 503. The molecule has 0 spiro atoms. The lowest BCUT2D eigenvalue weighted by molar-refractivity contribution is 0.301. The van der Waals surface area contributed by atoms with Crippen LogP contribution in [0.3, 0.4) is 0 Å². The molecule has 0 heterocycles. The molecule has 0 aliphatic carbocycles. The molecular weight excluding hydrogens is 222 g/mol. The molecule has 0 bridgehead atoms. The van der Waals surface area contributed by atoms with E-state index in [1.165, 1.54) is 11.1 Å². The largest absolute Gasteiger partial charge is 0.489 e. The van der Waals surface area contributed by atoms with Crippen molar-refractivity contribution in [1.82, 2.24) is 0 Å². The highest BCUT2D eigenvalue weighted by atomic mass is 16.5. The van der Waals surface area contributed by atoms with Gasteiger partial charge in [0.2, 0.25) is 0 Å². The highest BCUT2D eigenvalue weighted by Crippen LogP contribution is 2.24. The number of ether oxygens (including phenoxy) is 1. The van der Waals surface area contributed by atoms with Crippen molar-refractivity contribution in [3.63, 3.8) is 0 Å². The molecule has 0 fully saturated rings. The van der Waals surface area contributed by atoms with E-state index in [0.717, 1.165) is 11.3 Å². The van der Waals surface area contributed by atoms with Crippen molar-refractivity contribution in [3.8, 4) is 5.75 Å². The van der Waals surface area contributed by atoms with Crippen molar-refractivity contribution in [3.05, 3.63) is 65.2 Å². The Balaban J connectivity index is 2.08. The third kappa shape index (κ3) is 3.11. The van der Waals surface area contributed by atoms with E-state index < -0.39 is 0 Å². The normalized spacial score (nSPS) is 12.2. The molecule has 0 saturated carbocycles. The maximum absolute atomic E-state index is 5.92. The summed E-state index contributed by atoms with van der Waals surface area (Å²) in [4.78, 5) is 0. The fourth-order valence-electron chi connectivity index (χ4n) is 1.83. The summed E-state index contributed by atoms with van der Waals surface area (Å²) in [6, 6.07) is 16.3. The van der Waals surface area contributed by atoms with Crippen LogP contribution in [0.5, 0.6) is 5.75 Å². The van der Waals surface area contributed by atoms with Crippen LogP contribution in [0.15, 0.2) is 48.5 Å². The Labute approximate surface area is 108 Å². The predicted octanol–water partition coefficient (Wildman–Crippen LogP) is 3.59. The van der Waals surface area contributed by atoms with Crippen LogP contribution in [-0.2, 0) is 6.61 Å². The Kier molecular flexibility index (Phi) is 4.00. The van der Waals surface area contributed by atoms with Gasteiger partial charge in [-0.25, -0.2) is 0 Å². The second-order valence-electron chi connectivity index (χ2n) is 4.60. The molecule has 94 valence electrons. The van der Waals surface area contributed by atoms with Crippen LogP contribution >= 0.6 is 0 Å². The summed E-state index contributed by atoms with van der Waals surface area (Å²) < 4.78 is 5.84. The lowest BCUT2D eigenvalue weighted by Gasteiger charge is -2.13. The second kappa shape index (κ2) is 5.69. The molecule has 2 aromatic rings. The number of benzene rings is 2. The van der Waals surface area contributed by atoms with Gasteiger partial charge >= 0.3 is 0 Å². The van der Waals surface area contributed by atoms with Crippen molar-refractivity contribution in [2.75, 3.05) is 0 Å². The minimum absolute atomic E-state index is 0.0146. The molecule has 0 aliphatic rings. The lowest BCUT2D eigenvalue weighted by atomic mass is 10.1. The molecule has 2 rings (SSSR count). The van der Waals surface area contributed by atoms with Gasteiger partial charge in [0.1, 0.15) is 12.4 Å². The van der Waals surface area contributed by atoms with E-state index in [2.05, 4.69) is 31.2 Å². The zero-order valence-corrected chi connectivity index (χ0v) is 10.9. The maximum atomic E-state index is 5.92. The van der Waals surface area contributed by atoms with Crippen LogP contribution in [-0.4, -0.2) is 0 Å². The predicted molar refractivity (Wildman–Crippen MR) is 74.6 cm³/mol. The molecule has 2 N–H and O–H groups in total. The fraction of sp³-hybridized carbons (Fsp3) is 0.250. The zero-order chi connectivity index (χ0) is 13.0. The lowest BCUT2D eigenvalue weighted by Crippen LogP contribution is -2.07. The fourth-order valence-corrected chi connectivity index (χ4v) is 1.83. The van der Waals surface area contributed by atoms with Crippen molar-refractivity contribution < 1.29 is 4.74 Å². The monoisotopic (exact) mass is 241 g/mol. The van der Waals surface area contributed by atoms with Crippen molar-refractivity contribution in [2.45, 2.75) is 26.5 Å². The Morgan fingerprint density at radius 2 is 1.72 bits per heavy atom. The van der Waals surface area contributed by atoms with Crippen molar-refractivity contribution in [1.29, 1.82) is 0 Å². The van der Waals surface area contributed by atoms with Crippen LogP contribution < -0.4 is 10.5 Å². The van der Waals surface area contributed by atoms with Gasteiger partial charge in [0, 0.05) is 11.6 Å². The standard InChI is InChI=1S/C16H19NO/c1-12-7-9-14(10-8-12)11-18-16-6-4-3-5-15(16)13(2)17/h3-10,13H,11,17H2,1-2H3. The van der Waals surface area contributed by atoms with Gasteiger partial charge in [-0.2, -0.15) is 0 Å². The Morgan fingerprint density at radius 1 is 1.06 bits per heavy atom. The molecule has 2 aromatic carbocycles. The van der Waals surface area contributed by atoms with Gasteiger partial charge in [0.05, 0.1) is 0 Å². The molecular formula is C16H19NO. The van der Waals surface area contributed by atoms with E-state index in [9.17, 15) is 0 Å². The molecule has 0 saturated heterocycles. The van der Waals surface area contributed by atoms with Crippen molar-refractivity contribution in [2.24, 2.45) is 5.73 Å². The molecule has 0 radical (unpaired) electrons. The van der Waals surface area contributed by atoms with Crippen LogP contribution in [0, 0.1) is 6.92 Å². The second-order valence-corrected chi connectivity index (χ2v) is 4.60. The minimum Gasteiger partial charge on any atom is -0.489 e. The molecule has 2 heteroatoms. The first-order valence-electron chi connectivity index (χ1n) is 6.19. The highest BCUT2D eigenvalue weighted by molar-refractivity contribution is 5.35. The summed E-state index contributed by atoms with van der Waals surface area (Å²) in [5.41, 5.74) is 9.40. The molecule has 0 aliphatic heterocycles. The van der Waals surface area contributed by atoms with E-state index in [-0.39, 0.29) is 6.04 Å². The van der Waals surface area contributed by atoms with Crippen LogP contribution in [0.1, 0.15) is 29.7 Å². The third-order valence-electron chi connectivity index (χ3n) is 2.92. The molecule has 1 unspecified atom stereocenters. The van der Waals surface area contributed by atoms with E-state index in [0.29, 0.717) is 6.61 Å². The van der Waals surface area contributed by atoms with Crippen LogP contribution in [0.4, 0.5) is 0 Å². The quantitative estimate of drug-likeness (QED) is 0.887. The van der Waals surface area contributed by atoms with Crippen LogP contribution in [0.25, 0.3) is 0 Å². The summed E-state index contributed by atoms with van der Waals surface area (Å²) >= 11 is 0.